The van der Waals surface area contributed by atoms with E-state index in [0.717, 1.165) is 5.56 Å². The summed E-state index contributed by atoms with van der Waals surface area (Å²) in [6.07, 6.45) is 0. The van der Waals surface area contributed by atoms with E-state index < -0.39 is 6.03 Å². The summed E-state index contributed by atoms with van der Waals surface area (Å²) < 4.78 is 11.2. The van der Waals surface area contributed by atoms with Crippen LogP contribution in [0.3, 0.4) is 0 Å². The van der Waals surface area contributed by atoms with Gasteiger partial charge in [0.2, 0.25) is 0 Å². The maximum absolute atomic E-state index is 12.5. The third-order valence-electron chi connectivity index (χ3n) is 3.81. The Bertz CT molecular complexity index is 808. The highest BCUT2D eigenvalue weighted by atomic mass is 16.5. The van der Waals surface area contributed by atoms with Crippen LogP contribution >= 0.6 is 0 Å². The fraction of sp³-hybridized carbons (Fsp3) is 0.300. The lowest BCUT2D eigenvalue weighted by molar-refractivity contribution is 0.0939. The van der Waals surface area contributed by atoms with Gasteiger partial charge in [-0.1, -0.05) is 12.1 Å². The molecule has 0 radical (unpaired) electrons. The number of nitrogens with two attached hydrogens (primary N) is 1. The third kappa shape index (κ3) is 5.64. The molecule has 7 nitrogen and oxygen atoms in total. The molecule has 0 aliphatic rings. The molecule has 0 aliphatic heterocycles. The van der Waals surface area contributed by atoms with E-state index in [9.17, 15) is 9.59 Å². The molecule has 0 heterocycles. The lowest BCUT2D eigenvalue weighted by Crippen LogP contribution is -2.27. The SMILES string of the molecule is CCOc1ccc([C@@H](C)NC(=O)c2cccc(NC(N)=O)c2)cc1OCC. The highest BCUT2D eigenvalue weighted by molar-refractivity contribution is 5.96. The number of carbonyl (C=O) groups is 2. The molecular formula is C20H25N3O4. The fourth-order valence-corrected chi connectivity index (χ4v) is 2.58. The van der Waals surface area contributed by atoms with Crippen LogP contribution in [-0.2, 0) is 0 Å². The molecule has 0 fully saturated rings. The second-order valence-corrected chi connectivity index (χ2v) is 5.84. The monoisotopic (exact) mass is 371 g/mol. The summed E-state index contributed by atoms with van der Waals surface area (Å²) in [7, 11) is 0. The van der Waals surface area contributed by atoms with E-state index in [1.54, 1.807) is 24.3 Å². The fourth-order valence-electron chi connectivity index (χ4n) is 2.58. The van der Waals surface area contributed by atoms with E-state index in [2.05, 4.69) is 10.6 Å². The van der Waals surface area contributed by atoms with Crippen molar-refractivity contribution in [1.29, 1.82) is 0 Å². The molecule has 0 aromatic heterocycles. The maximum atomic E-state index is 12.5. The summed E-state index contributed by atoms with van der Waals surface area (Å²) in [6, 6.07) is 11.2. The number of ether oxygens (including phenoxy) is 2. The maximum Gasteiger partial charge on any atom is 0.316 e. The Kier molecular flexibility index (Phi) is 7.05. The zero-order valence-electron chi connectivity index (χ0n) is 15.7. The van der Waals surface area contributed by atoms with Crippen LogP contribution < -0.4 is 25.8 Å². The molecule has 7 heteroatoms. The van der Waals surface area contributed by atoms with Crippen LogP contribution in [0.5, 0.6) is 11.5 Å². The highest BCUT2D eigenvalue weighted by Gasteiger charge is 2.15. The summed E-state index contributed by atoms with van der Waals surface area (Å²) >= 11 is 0. The molecule has 2 rings (SSSR count). The van der Waals surface area contributed by atoms with Crippen LogP contribution in [0.25, 0.3) is 0 Å². The Morgan fingerprint density at radius 3 is 2.41 bits per heavy atom. The van der Waals surface area contributed by atoms with Gasteiger partial charge < -0.3 is 25.8 Å². The second-order valence-electron chi connectivity index (χ2n) is 5.84. The number of carbonyl (C=O) groups excluding carboxylic acids is 2. The van der Waals surface area contributed by atoms with Gasteiger partial charge in [-0.25, -0.2) is 4.79 Å². The first-order chi connectivity index (χ1) is 12.9. The Morgan fingerprint density at radius 1 is 1.04 bits per heavy atom. The topological polar surface area (TPSA) is 103 Å². The number of primary amides is 1. The van der Waals surface area contributed by atoms with Gasteiger partial charge in [-0.05, 0) is 56.7 Å². The summed E-state index contributed by atoms with van der Waals surface area (Å²) in [6.45, 7) is 6.76. The third-order valence-corrected chi connectivity index (χ3v) is 3.81. The second kappa shape index (κ2) is 9.47. The number of amides is 3. The van der Waals surface area contributed by atoms with Crippen molar-refractivity contribution in [3.63, 3.8) is 0 Å². The largest absolute Gasteiger partial charge is 0.490 e. The smallest absolute Gasteiger partial charge is 0.316 e. The molecule has 2 aromatic rings. The highest BCUT2D eigenvalue weighted by Crippen LogP contribution is 2.30. The zero-order valence-corrected chi connectivity index (χ0v) is 15.7. The Morgan fingerprint density at radius 2 is 1.74 bits per heavy atom. The first kappa shape index (κ1) is 20.1. The lowest BCUT2D eigenvalue weighted by Gasteiger charge is -2.18. The van der Waals surface area contributed by atoms with Crippen molar-refractivity contribution in [2.75, 3.05) is 18.5 Å². The van der Waals surface area contributed by atoms with Crippen LogP contribution in [-0.4, -0.2) is 25.2 Å². The van der Waals surface area contributed by atoms with Crippen LogP contribution in [0.1, 0.15) is 42.7 Å². The number of urea groups is 1. The lowest BCUT2D eigenvalue weighted by atomic mass is 10.1. The molecule has 0 unspecified atom stereocenters. The molecule has 0 bridgehead atoms. The number of anilines is 1. The van der Waals surface area contributed by atoms with E-state index in [1.807, 2.05) is 39.0 Å². The van der Waals surface area contributed by atoms with Gasteiger partial charge in [-0.3, -0.25) is 4.79 Å². The predicted octanol–water partition coefficient (Wildman–Crippen LogP) is 3.47. The molecule has 27 heavy (non-hydrogen) atoms. The minimum atomic E-state index is -0.682. The van der Waals surface area contributed by atoms with E-state index in [1.165, 1.54) is 0 Å². The van der Waals surface area contributed by atoms with Gasteiger partial charge >= 0.3 is 6.03 Å². The van der Waals surface area contributed by atoms with Crippen molar-refractivity contribution >= 4 is 17.6 Å². The van der Waals surface area contributed by atoms with E-state index in [0.29, 0.717) is 36.0 Å². The van der Waals surface area contributed by atoms with Crippen LogP contribution in [0.4, 0.5) is 10.5 Å². The molecule has 0 aliphatic carbocycles. The Hall–Kier alpha value is -3.22. The van der Waals surface area contributed by atoms with Crippen molar-refractivity contribution in [2.45, 2.75) is 26.8 Å². The molecule has 2 aromatic carbocycles. The number of nitrogens with one attached hydrogen (secondary N) is 2. The Labute approximate surface area is 158 Å². The Balaban J connectivity index is 2.14. The van der Waals surface area contributed by atoms with E-state index in [4.69, 9.17) is 15.2 Å². The van der Waals surface area contributed by atoms with Gasteiger partial charge in [-0.2, -0.15) is 0 Å². The van der Waals surface area contributed by atoms with Crippen molar-refractivity contribution in [2.24, 2.45) is 5.73 Å². The van der Waals surface area contributed by atoms with Crippen molar-refractivity contribution in [1.82, 2.24) is 5.32 Å². The van der Waals surface area contributed by atoms with Gasteiger partial charge in [0.1, 0.15) is 0 Å². The first-order valence-electron chi connectivity index (χ1n) is 8.81. The standard InChI is InChI=1S/C20H25N3O4/c1-4-26-17-10-9-14(12-18(17)27-5-2)13(3)22-19(24)15-7-6-8-16(11-15)23-20(21)25/h6-13H,4-5H2,1-3H3,(H,22,24)(H3,21,23,25)/t13-/m1/s1. The molecule has 0 spiro atoms. The summed E-state index contributed by atoms with van der Waals surface area (Å²) in [5.41, 5.74) is 6.88. The number of benzene rings is 2. The normalized spacial score (nSPS) is 11.4. The van der Waals surface area contributed by atoms with Crippen LogP contribution in [0.15, 0.2) is 42.5 Å². The zero-order chi connectivity index (χ0) is 19.8. The number of hydrogen-bond donors (Lipinski definition) is 3. The molecule has 0 saturated carbocycles. The summed E-state index contributed by atoms with van der Waals surface area (Å²) in [5.74, 6) is 1.06. The molecule has 3 amide bonds. The molecule has 144 valence electrons. The van der Waals surface area contributed by atoms with E-state index in [-0.39, 0.29) is 11.9 Å². The van der Waals surface area contributed by atoms with Crippen LogP contribution in [0, 0.1) is 0 Å². The average molecular weight is 371 g/mol. The average Bonchev–Trinajstić information content (AvgIpc) is 2.63. The van der Waals surface area contributed by atoms with Crippen molar-refractivity contribution in [3.05, 3.63) is 53.6 Å². The molecule has 1 atom stereocenters. The quantitative estimate of drug-likeness (QED) is 0.661. The van der Waals surface area contributed by atoms with Gasteiger partial charge in [-0.15, -0.1) is 0 Å². The first-order valence-corrected chi connectivity index (χ1v) is 8.81. The van der Waals surface area contributed by atoms with Gasteiger partial charge in [0, 0.05) is 11.3 Å². The van der Waals surface area contributed by atoms with Crippen LogP contribution in [0.2, 0.25) is 0 Å². The van der Waals surface area contributed by atoms with E-state index >= 15 is 0 Å². The van der Waals surface area contributed by atoms with Gasteiger partial charge in [0.25, 0.3) is 5.91 Å². The minimum Gasteiger partial charge on any atom is -0.490 e. The molecular weight excluding hydrogens is 346 g/mol. The molecule has 0 saturated heterocycles. The number of hydrogen-bond acceptors (Lipinski definition) is 4. The molecule has 4 N–H and O–H groups in total. The summed E-state index contributed by atoms with van der Waals surface area (Å²) in [4.78, 5) is 23.5. The van der Waals surface area contributed by atoms with Gasteiger partial charge in [0.15, 0.2) is 11.5 Å². The number of rotatable bonds is 8. The summed E-state index contributed by atoms with van der Waals surface area (Å²) in [5, 5.41) is 5.39. The predicted molar refractivity (Wildman–Crippen MR) is 104 cm³/mol. The van der Waals surface area contributed by atoms with Gasteiger partial charge in [0.05, 0.1) is 19.3 Å². The van der Waals surface area contributed by atoms with Crippen molar-refractivity contribution < 1.29 is 19.1 Å². The van der Waals surface area contributed by atoms with Crippen molar-refractivity contribution in [3.8, 4) is 11.5 Å². The minimum absolute atomic E-state index is 0.250.